The Labute approximate surface area is 177 Å². The second-order valence-corrected chi connectivity index (χ2v) is 6.55. The fourth-order valence-corrected chi connectivity index (χ4v) is 3.01. The van der Waals surface area contributed by atoms with Gasteiger partial charge in [-0.05, 0) is 55.5 Å². The number of fused-ring (bicyclic) bond motifs is 1. The number of hydrogen-bond acceptors (Lipinski definition) is 7. The van der Waals surface area contributed by atoms with Crippen molar-refractivity contribution in [3.05, 3.63) is 65.2 Å². The Morgan fingerprint density at radius 2 is 1.77 bits per heavy atom. The van der Waals surface area contributed by atoms with Crippen LogP contribution in [0.5, 0.6) is 11.5 Å². The number of methoxy groups -OCH3 is 1. The number of anilines is 1. The fourth-order valence-electron chi connectivity index (χ4n) is 3.01. The van der Waals surface area contributed by atoms with E-state index in [2.05, 4.69) is 20.6 Å². The summed E-state index contributed by atoms with van der Waals surface area (Å²) in [5, 5.41) is 10.7. The van der Waals surface area contributed by atoms with Crippen LogP contribution in [0.1, 0.15) is 6.92 Å². The van der Waals surface area contributed by atoms with E-state index in [1.165, 1.54) is 15.6 Å². The first-order chi connectivity index (χ1) is 15.1. The molecule has 1 N–H and O–H groups in total. The number of carbonyl (C=O) groups is 1. The molecule has 0 radical (unpaired) electrons. The summed E-state index contributed by atoms with van der Waals surface area (Å²) in [6.45, 7) is 2.26. The molecule has 158 valence electrons. The lowest BCUT2D eigenvalue weighted by Gasteiger charge is -2.08. The summed E-state index contributed by atoms with van der Waals surface area (Å²) in [7, 11) is 1.58. The highest BCUT2D eigenvalue weighted by atomic mass is 16.5. The van der Waals surface area contributed by atoms with Gasteiger partial charge in [-0.25, -0.2) is 4.98 Å². The molecule has 10 nitrogen and oxygen atoms in total. The Bertz CT molecular complexity index is 1260. The summed E-state index contributed by atoms with van der Waals surface area (Å²) < 4.78 is 13.2. The maximum atomic E-state index is 12.8. The number of ether oxygens (including phenoxy) is 2. The minimum absolute atomic E-state index is 0.0761. The van der Waals surface area contributed by atoms with Crippen LogP contribution in [0.25, 0.3) is 16.9 Å². The highest BCUT2D eigenvalue weighted by molar-refractivity contribution is 5.90. The van der Waals surface area contributed by atoms with Crippen molar-refractivity contribution in [2.45, 2.75) is 13.5 Å². The van der Waals surface area contributed by atoms with E-state index in [1.807, 2.05) is 6.92 Å². The largest absolute Gasteiger partial charge is 0.497 e. The highest BCUT2D eigenvalue weighted by Gasteiger charge is 2.15. The van der Waals surface area contributed by atoms with Gasteiger partial charge in [-0.15, -0.1) is 5.10 Å². The fraction of sp³-hybridized carbons (Fsp3) is 0.190. The zero-order valence-corrected chi connectivity index (χ0v) is 17.0. The lowest BCUT2D eigenvalue weighted by Crippen LogP contribution is -2.28. The summed E-state index contributed by atoms with van der Waals surface area (Å²) in [5.74, 6) is 1.04. The van der Waals surface area contributed by atoms with E-state index in [4.69, 9.17) is 9.47 Å². The predicted molar refractivity (Wildman–Crippen MR) is 114 cm³/mol. The molecule has 2 aromatic carbocycles. The van der Waals surface area contributed by atoms with Gasteiger partial charge in [0.2, 0.25) is 5.91 Å². The van der Waals surface area contributed by atoms with Crippen molar-refractivity contribution in [1.82, 2.24) is 24.5 Å². The Balaban J connectivity index is 1.52. The van der Waals surface area contributed by atoms with Crippen molar-refractivity contribution >= 4 is 22.8 Å². The summed E-state index contributed by atoms with van der Waals surface area (Å²) in [6.07, 6.45) is 1.31. The van der Waals surface area contributed by atoms with Gasteiger partial charge in [-0.1, -0.05) is 5.21 Å². The van der Waals surface area contributed by atoms with Crippen LogP contribution in [0, 0.1) is 0 Å². The van der Waals surface area contributed by atoms with Crippen LogP contribution in [0.15, 0.2) is 59.7 Å². The van der Waals surface area contributed by atoms with E-state index in [9.17, 15) is 9.59 Å². The maximum Gasteiger partial charge on any atom is 0.284 e. The highest BCUT2D eigenvalue weighted by Crippen LogP contribution is 2.17. The number of aromatic nitrogens is 5. The minimum atomic E-state index is -0.452. The number of hydrogen-bond donors (Lipinski definition) is 1. The van der Waals surface area contributed by atoms with Gasteiger partial charge in [0.25, 0.3) is 5.56 Å². The molecule has 0 aliphatic rings. The van der Waals surface area contributed by atoms with E-state index in [-0.39, 0.29) is 18.0 Å². The van der Waals surface area contributed by atoms with E-state index in [0.717, 1.165) is 0 Å². The summed E-state index contributed by atoms with van der Waals surface area (Å²) in [6, 6.07) is 14.1. The number of nitrogens with one attached hydrogen (secondary N) is 1. The average Bonchev–Trinajstić information content (AvgIpc) is 3.22. The van der Waals surface area contributed by atoms with Gasteiger partial charge in [0.15, 0.2) is 11.2 Å². The van der Waals surface area contributed by atoms with Gasteiger partial charge >= 0.3 is 0 Å². The summed E-state index contributed by atoms with van der Waals surface area (Å²) in [5.41, 5.74) is 1.21. The first-order valence-electron chi connectivity index (χ1n) is 9.57. The second kappa shape index (κ2) is 8.66. The Morgan fingerprint density at radius 3 is 2.45 bits per heavy atom. The molecule has 0 saturated carbocycles. The van der Waals surface area contributed by atoms with Crippen molar-refractivity contribution in [2.75, 3.05) is 19.0 Å². The first-order valence-corrected chi connectivity index (χ1v) is 9.57. The number of benzene rings is 2. The summed E-state index contributed by atoms with van der Waals surface area (Å²) in [4.78, 5) is 29.4. The molecule has 0 fully saturated rings. The molecule has 0 atom stereocenters. The molecule has 2 aromatic heterocycles. The third-order valence-corrected chi connectivity index (χ3v) is 4.51. The van der Waals surface area contributed by atoms with E-state index >= 15 is 0 Å². The van der Waals surface area contributed by atoms with E-state index < -0.39 is 5.56 Å². The molecule has 4 aromatic rings. The van der Waals surface area contributed by atoms with Crippen molar-refractivity contribution in [3.63, 3.8) is 0 Å². The van der Waals surface area contributed by atoms with Gasteiger partial charge in [0, 0.05) is 5.69 Å². The summed E-state index contributed by atoms with van der Waals surface area (Å²) >= 11 is 0. The van der Waals surface area contributed by atoms with Crippen LogP contribution in [0.3, 0.4) is 0 Å². The van der Waals surface area contributed by atoms with Gasteiger partial charge in [0.1, 0.15) is 24.4 Å². The second-order valence-electron chi connectivity index (χ2n) is 6.55. The molecule has 0 aliphatic carbocycles. The molecule has 0 spiro atoms. The van der Waals surface area contributed by atoms with Gasteiger partial charge in [0.05, 0.1) is 19.4 Å². The Hall–Kier alpha value is -4.21. The SMILES string of the molecule is CCOc1ccc(NC(=O)Cn2cnc3c(nnn3-c3ccc(OC)cc3)c2=O)cc1. The van der Waals surface area contributed by atoms with Crippen molar-refractivity contribution in [1.29, 1.82) is 0 Å². The standard InChI is InChI=1S/C21H20N6O4/c1-3-31-17-8-4-14(5-9-17)23-18(28)12-26-13-22-20-19(21(26)29)24-25-27(20)15-6-10-16(30-2)11-7-15/h4-11,13H,3,12H2,1-2H3,(H,23,28). The van der Waals surface area contributed by atoms with Crippen LogP contribution in [0.2, 0.25) is 0 Å². The van der Waals surface area contributed by atoms with Crippen LogP contribution >= 0.6 is 0 Å². The molecule has 0 unspecified atom stereocenters. The van der Waals surface area contributed by atoms with Gasteiger partial charge < -0.3 is 14.8 Å². The molecule has 10 heteroatoms. The van der Waals surface area contributed by atoms with E-state index in [0.29, 0.717) is 35.1 Å². The quantitative estimate of drug-likeness (QED) is 0.487. The zero-order valence-electron chi connectivity index (χ0n) is 17.0. The van der Waals surface area contributed by atoms with Crippen LogP contribution in [0.4, 0.5) is 5.69 Å². The number of carbonyl (C=O) groups excluding carboxylic acids is 1. The number of amides is 1. The maximum absolute atomic E-state index is 12.8. The van der Waals surface area contributed by atoms with Crippen molar-refractivity contribution in [3.8, 4) is 17.2 Å². The van der Waals surface area contributed by atoms with Crippen LogP contribution in [-0.4, -0.2) is 44.2 Å². The van der Waals surface area contributed by atoms with Crippen molar-refractivity contribution in [2.24, 2.45) is 0 Å². The monoisotopic (exact) mass is 420 g/mol. The third-order valence-electron chi connectivity index (χ3n) is 4.51. The van der Waals surface area contributed by atoms with Crippen LogP contribution < -0.4 is 20.3 Å². The van der Waals surface area contributed by atoms with Gasteiger partial charge in [-0.2, -0.15) is 4.68 Å². The average molecular weight is 420 g/mol. The predicted octanol–water partition coefficient (Wildman–Crippen LogP) is 2.02. The molecular formula is C21H20N6O4. The lowest BCUT2D eigenvalue weighted by atomic mass is 10.3. The Morgan fingerprint density at radius 1 is 1.06 bits per heavy atom. The minimum Gasteiger partial charge on any atom is -0.497 e. The molecule has 1 amide bonds. The molecule has 0 aliphatic heterocycles. The molecule has 0 saturated heterocycles. The molecular weight excluding hydrogens is 400 g/mol. The molecule has 4 rings (SSSR count). The molecule has 0 bridgehead atoms. The molecule has 31 heavy (non-hydrogen) atoms. The van der Waals surface area contributed by atoms with Gasteiger partial charge in [-0.3, -0.25) is 14.2 Å². The first kappa shape index (κ1) is 20.1. The third kappa shape index (κ3) is 4.22. The Kier molecular flexibility index (Phi) is 5.61. The number of nitrogens with zero attached hydrogens (tertiary/aromatic N) is 5. The van der Waals surface area contributed by atoms with Crippen LogP contribution in [-0.2, 0) is 11.3 Å². The van der Waals surface area contributed by atoms with E-state index in [1.54, 1.807) is 55.6 Å². The molecule has 2 heterocycles. The normalized spacial score (nSPS) is 10.8. The zero-order chi connectivity index (χ0) is 21.8. The lowest BCUT2D eigenvalue weighted by molar-refractivity contribution is -0.116. The smallest absolute Gasteiger partial charge is 0.284 e. The topological polar surface area (TPSA) is 113 Å². The van der Waals surface area contributed by atoms with Crippen molar-refractivity contribution < 1.29 is 14.3 Å². The number of rotatable bonds is 7.